The highest BCUT2D eigenvalue weighted by Gasteiger charge is 2.20. The topological polar surface area (TPSA) is 46.9 Å². The van der Waals surface area contributed by atoms with Gasteiger partial charge in [-0.15, -0.1) is 0 Å². The number of carbonyl (C=O) groups excluding carboxylic acids is 1. The molecule has 1 amide bonds. The number of nitrogens with zero attached hydrogens (tertiary/aromatic N) is 2. The molecule has 0 bridgehead atoms. The van der Waals surface area contributed by atoms with E-state index in [9.17, 15) is 4.79 Å². The molecular weight excluding hydrogens is 310 g/mol. The highest BCUT2D eigenvalue weighted by Crippen LogP contribution is 2.21. The summed E-state index contributed by atoms with van der Waals surface area (Å²) in [6.07, 6.45) is 4.84. The molecule has 4 heteroatoms. The summed E-state index contributed by atoms with van der Waals surface area (Å²) in [7, 11) is 1.94. The van der Waals surface area contributed by atoms with Crippen LogP contribution in [0.25, 0.3) is 0 Å². The van der Waals surface area contributed by atoms with Crippen molar-refractivity contribution in [2.75, 3.05) is 0 Å². The van der Waals surface area contributed by atoms with E-state index in [1.54, 1.807) is 6.20 Å². The third kappa shape index (κ3) is 4.35. The van der Waals surface area contributed by atoms with Crippen LogP contribution >= 0.6 is 0 Å². The molecule has 0 aliphatic heterocycles. The summed E-state index contributed by atoms with van der Waals surface area (Å²) in [5.74, 6) is 0.856. The number of benzene rings is 2. The second-order valence-electron chi connectivity index (χ2n) is 6.29. The molecule has 1 unspecified atom stereocenters. The fraction of sp³-hybridized carbons (Fsp3) is 0.238. The Hall–Kier alpha value is -2.88. The van der Waals surface area contributed by atoms with Crippen LogP contribution in [-0.4, -0.2) is 15.5 Å². The number of aromatic nitrogens is 2. The van der Waals surface area contributed by atoms with Crippen molar-refractivity contribution in [2.24, 2.45) is 7.05 Å². The maximum Gasteiger partial charge on any atom is 0.221 e. The summed E-state index contributed by atoms with van der Waals surface area (Å²) in [4.78, 5) is 17.0. The van der Waals surface area contributed by atoms with Gasteiger partial charge in [-0.05, 0) is 24.5 Å². The molecule has 0 saturated carbocycles. The van der Waals surface area contributed by atoms with E-state index < -0.39 is 0 Å². The first-order chi connectivity index (χ1) is 12.1. The van der Waals surface area contributed by atoms with Crippen LogP contribution in [0.2, 0.25) is 0 Å². The summed E-state index contributed by atoms with van der Waals surface area (Å²) in [5, 5.41) is 3.14. The molecule has 1 atom stereocenters. The number of nitrogens with one attached hydrogen (secondary N) is 1. The molecule has 25 heavy (non-hydrogen) atoms. The zero-order chi connectivity index (χ0) is 17.6. The molecular formula is C21H23N3O. The van der Waals surface area contributed by atoms with E-state index in [2.05, 4.69) is 29.4 Å². The fourth-order valence-corrected chi connectivity index (χ4v) is 2.85. The van der Waals surface area contributed by atoms with Crippen LogP contribution in [0.4, 0.5) is 0 Å². The lowest BCUT2D eigenvalue weighted by atomic mass is 10.0. The van der Waals surface area contributed by atoms with Gasteiger partial charge in [-0.3, -0.25) is 4.79 Å². The van der Waals surface area contributed by atoms with Crippen LogP contribution in [0.3, 0.4) is 0 Å². The molecule has 4 nitrogen and oxygen atoms in total. The van der Waals surface area contributed by atoms with E-state index in [1.165, 1.54) is 11.1 Å². The van der Waals surface area contributed by atoms with E-state index >= 15 is 0 Å². The molecule has 128 valence electrons. The van der Waals surface area contributed by atoms with Gasteiger partial charge in [-0.2, -0.15) is 0 Å². The minimum atomic E-state index is -0.246. The molecule has 0 saturated heterocycles. The second-order valence-corrected chi connectivity index (χ2v) is 6.29. The van der Waals surface area contributed by atoms with Crippen LogP contribution in [0.15, 0.2) is 67.0 Å². The molecule has 0 spiro atoms. The van der Waals surface area contributed by atoms with Gasteiger partial charge >= 0.3 is 0 Å². The Kier molecular flexibility index (Phi) is 5.29. The largest absolute Gasteiger partial charge is 0.342 e. The first-order valence-electron chi connectivity index (χ1n) is 8.50. The first-order valence-corrected chi connectivity index (χ1v) is 8.50. The van der Waals surface area contributed by atoms with Gasteiger partial charge in [0.25, 0.3) is 0 Å². The Morgan fingerprint density at radius 3 is 2.48 bits per heavy atom. The van der Waals surface area contributed by atoms with E-state index in [4.69, 9.17) is 0 Å². The second kappa shape index (κ2) is 7.79. The van der Waals surface area contributed by atoms with Crippen molar-refractivity contribution in [1.82, 2.24) is 14.9 Å². The quantitative estimate of drug-likeness (QED) is 0.750. The van der Waals surface area contributed by atoms with Gasteiger partial charge < -0.3 is 9.88 Å². The Morgan fingerprint density at radius 1 is 1.12 bits per heavy atom. The molecule has 0 radical (unpaired) electrons. The smallest absolute Gasteiger partial charge is 0.221 e. The van der Waals surface area contributed by atoms with Crippen molar-refractivity contribution in [1.29, 1.82) is 0 Å². The molecule has 2 aromatic carbocycles. The van der Waals surface area contributed by atoms with Crippen molar-refractivity contribution >= 4 is 5.91 Å². The minimum Gasteiger partial charge on any atom is -0.342 e. The summed E-state index contributed by atoms with van der Waals surface area (Å²) >= 11 is 0. The number of imidazole rings is 1. The minimum absolute atomic E-state index is 0.0254. The molecule has 3 rings (SSSR count). The summed E-state index contributed by atoms with van der Waals surface area (Å²) in [6.45, 7) is 2.05. The van der Waals surface area contributed by atoms with Crippen molar-refractivity contribution in [3.05, 3.63) is 89.5 Å². The standard InChI is InChI=1S/C21H23N3O/c1-16-8-11-18(12-9-16)20(21-22-14-15-24(21)2)23-19(25)13-10-17-6-4-3-5-7-17/h3-9,11-12,14-15,20H,10,13H2,1-2H3,(H,23,25). The normalized spacial score (nSPS) is 11.9. The van der Waals surface area contributed by atoms with E-state index in [-0.39, 0.29) is 11.9 Å². The molecule has 0 aliphatic rings. The van der Waals surface area contributed by atoms with E-state index in [1.807, 2.05) is 60.3 Å². The van der Waals surface area contributed by atoms with Gasteiger partial charge in [-0.25, -0.2) is 4.98 Å². The molecule has 0 fully saturated rings. The summed E-state index contributed by atoms with van der Waals surface area (Å²) < 4.78 is 1.95. The first kappa shape index (κ1) is 17.0. The Labute approximate surface area is 148 Å². The lowest BCUT2D eigenvalue weighted by Crippen LogP contribution is -2.31. The van der Waals surface area contributed by atoms with Crippen LogP contribution < -0.4 is 5.32 Å². The van der Waals surface area contributed by atoms with Gasteiger partial charge in [0, 0.05) is 25.9 Å². The SMILES string of the molecule is Cc1ccc(C(NC(=O)CCc2ccccc2)c2nccn2C)cc1. The van der Waals surface area contributed by atoms with Crippen LogP contribution in [0.1, 0.15) is 35.0 Å². The molecule has 1 N–H and O–H groups in total. The predicted octanol–water partition coefficient (Wildman–Crippen LogP) is 3.57. The van der Waals surface area contributed by atoms with Crippen molar-refractivity contribution in [3.8, 4) is 0 Å². The summed E-state index contributed by atoms with van der Waals surface area (Å²) in [5.41, 5.74) is 3.40. The van der Waals surface area contributed by atoms with Gasteiger partial charge in [-0.1, -0.05) is 60.2 Å². The number of rotatable bonds is 6. The van der Waals surface area contributed by atoms with Crippen LogP contribution in [-0.2, 0) is 18.3 Å². The zero-order valence-corrected chi connectivity index (χ0v) is 14.6. The third-order valence-corrected chi connectivity index (χ3v) is 4.32. The monoisotopic (exact) mass is 333 g/mol. The molecule has 1 heterocycles. The maximum absolute atomic E-state index is 12.5. The highest BCUT2D eigenvalue weighted by atomic mass is 16.1. The van der Waals surface area contributed by atoms with Crippen molar-refractivity contribution in [2.45, 2.75) is 25.8 Å². The number of carbonyl (C=O) groups is 1. The molecule has 0 aliphatic carbocycles. The van der Waals surface area contributed by atoms with E-state index in [0.29, 0.717) is 6.42 Å². The van der Waals surface area contributed by atoms with Crippen LogP contribution in [0, 0.1) is 6.92 Å². The van der Waals surface area contributed by atoms with Gasteiger partial charge in [0.05, 0.1) is 0 Å². The Morgan fingerprint density at radius 2 is 1.84 bits per heavy atom. The van der Waals surface area contributed by atoms with Gasteiger partial charge in [0.15, 0.2) is 0 Å². The lowest BCUT2D eigenvalue weighted by Gasteiger charge is -2.19. The van der Waals surface area contributed by atoms with Gasteiger partial charge in [0.2, 0.25) is 5.91 Å². The Balaban J connectivity index is 1.74. The molecule has 3 aromatic rings. The fourth-order valence-electron chi connectivity index (χ4n) is 2.85. The van der Waals surface area contributed by atoms with Crippen molar-refractivity contribution in [3.63, 3.8) is 0 Å². The summed E-state index contributed by atoms with van der Waals surface area (Å²) in [6, 6.07) is 18.0. The van der Waals surface area contributed by atoms with Gasteiger partial charge in [0.1, 0.15) is 11.9 Å². The third-order valence-electron chi connectivity index (χ3n) is 4.32. The lowest BCUT2D eigenvalue weighted by molar-refractivity contribution is -0.121. The average molecular weight is 333 g/mol. The van der Waals surface area contributed by atoms with Crippen LogP contribution in [0.5, 0.6) is 0 Å². The number of hydrogen-bond donors (Lipinski definition) is 1. The number of amides is 1. The number of aryl methyl sites for hydroxylation is 3. The molecule has 1 aromatic heterocycles. The number of hydrogen-bond acceptors (Lipinski definition) is 2. The maximum atomic E-state index is 12.5. The van der Waals surface area contributed by atoms with E-state index in [0.717, 1.165) is 17.8 Å². The van der Waals surface area contributed by atoms with Crippen molar-refractivity contribution < 1.29 is 4.79 Å². The Bertz CT molecular complexity index is 822. The average Bonchev–Trinajstić information content (AvgIpc) is 3.05. The zero-order valence-electron chi connectivity index (χ0n) is 14.6. The highest BCUT2D eigenvalue weighted by molar-refractivity contribution is 5.77. The predicted molar refractivity (Wildman–Crippen MR) is 99.1 cm³/mol.